The minimum atomic E-state index is -0.449. The van der Waals surface area contributed by atoms with Crippen LogP contribution in [0.5, 0.6) is 11.5 Å². The molecule has 1 heterocycles. The first-order chi connectivity index (χ1) is 12.9. The number of amides is 2. The number of nitrogens with zero attached hydrogens (tertiary/aromatic N) is 1. The Morgan fingerprint density at radius 2 is 1.79 bits per heavy atom. The molecule has 3 N–H and O–H groups in total. The maximum atomic E-state index is 12.7. The van der Waals surface area contributed by atoms with Gasteiger partial charge in [-0.05, 0) is 24.6 Å². The third kappa shape index (κ3) is 4.48. The van der Waals surface area contributed by atoms with Crippen molar-refractivity contribution < 1.29 is 19.1 Å². The molecule has 7 nitrogen and oxygen atoms in total. The smallest absolute Gasteiger partial charge is 0.229 e. The highest BCUT2D eigenvalue weighted by molar-refractivity contribution is 6.04. The maximum Gasteiger partial charge on any atom is 0.229 e. The van der Waals surface area contributed by atoms with Gasteiger partial charge in [-0.15, -0.1) is 12.4 Å². The van der Waals surface area contributed by atoms with E-state index in [0.29, 0.717) is 35.1 Å². The van der Waals surface area contributed by atoms with Crippen molar-refractivity contribution >= 4 is 41.3 Å². The molecule has 0 aliphatic carbocycles. The van der Waals surface area contributed by atoms with Gasteiger partial charge in [0.25, 0.3) is 0 Å². The third-order valence-corrected chi connectivity index (χ3v) is 4.66. The molecule has 0 radical (unpaired) electrons. The summed E-state index contributed by atoms with van der Waals surface area (Å²) < 4.78 is 10.5. The van der Waals surface area contributed by atoms with E-state index in [2.05, 4.69) is 5.32 Å². The molecule has 1 aliphatic heterocycles. The van der Waals surface area contributed by atoms with Gasteiger partial charge in [0.2, 0.25) is 11.8 Å². The molecule has 1 aliphatic rings. The van der Waals surface area contributed by atoms with Crippen molar-refractivity contribution in [2.45, 2.75) is 13.3 Å². The maximum absolute atomic E-state index is 12.7. The minimum Gasteiger partial charge on any atom is -0.497 e. The SMILES string of the molecule is COc1cc(OC)cc(N2CC(C(=O)Nc3cc(N)ccc3C)CC2=O)c1.Cl. The number of ether oxygens (including phenoxy) is 2. The standard InChI is InChI=1S/C20H23N3O4.ClH/c1-12-4-5-14(21)7-18(12)22-20(25)13-6-19(24)23(11-13)15-8-16(26-2)10-17(9-15)27-3;/h4-5,7-10,13H,6,11,21H2,1-3H3,(H,22,25);1H. The van der Waals surface area contributed by atoms with Crippen molar-refractivity contribution in [2.24, 2.45) is 5.92 Å². The van der Waals surface area contributed by atoms with Crippen LogP contribution in [-0.2, 0) is 9.59 Å². The van der Waals surface area contributed by atoms with E-state index >= 15 is 0 Å². The van der Waals surface area contributed by atoms with Crippen molar-refractivity contribution in [3.05, 3.63) is 42.0 Å². The summed E-state index contributed by atoms with van der Waals surface area (Å²) >= 11 is 0. The van der Waals surface area contributed by atoms with Gasteiger partial charge >= 0.3 is 0 Å². The number of methoxy groups -OCH3 is 2. The summed E-state index contributed by atoms with van der Waals surface area (Å²) in [6, 6.07) is 10.6. The zero-order chi connectivity index (χ0) is 19.6. The predicted molar refractivity (Wildman–Crippen MR) is 111 cm³/mol. The van der Waals surface area contributed by atoms with Gasteiger partial charge in [-0.3, -0.25) is 9.59 Å². The van der Waals surface area contributed by atoms with Crippen LogP contribution in [0.4, 0.5) is 17.1 Å². The number of benzene rings is 2. The van der Waals surface area contributed by atoms with Gasteiger partial charge in [-0.25, -0.2) is 0 Å². The fraction of sp³-hybridized carbons (Fsp3) is 0.300. The Morgan fingerprint density at radius 3 is 2.39 bits per heavy atom. The van der Waals surface area contributed by atoms with Crippen LogP contribution in [0.1, 0.15) is 12.0 Å². The van der Waals surface area contributed by atoms with E-state index in [1.165, 1.54) is 0 Å². The Hall–Kier alpha value is -2.93. The summed E-state index contributed by atoms with van der Waals surface area (Å²) in [4.78, 5) is 26.8. The molecule has 150 valence electrons. The van der Waals surface area contributed by atoms with Crippen LogP contribution in [0.3, 0.4) is 0 Å². The Labute approximate surface area is 170 Å². The number of nitrogen functional groups attached to an aromatic ring is 1. The second-order valence-corrected chi connectivity index (χ2v) is 6.54. The first-order valence-electron chi connectivity index (χ1n) is 8.61. The van der Waals surface area contributed by atoms with Crippen LogP contribution in [0.15, 0.2) is 36.4 Å². The van der Waals surface area contributed by atoms with Crippen LogP contribution in [0.2, 0.25) is 0 Å². The lowest BCUT2D eigenvalue weighted by Gasteiger charge is -2.19. The van der Waals surface area contributed by atoms with E-state index in [1.54, 1.807) is 49.5 Å². The summed E-state index contributed by atoms with van der Waals surface area (Å²) in [5.41, 5.74) is 8.59. The Kier molecular flexibility index (Phi) is 6.75. The number of hydrogen-bond acceptors (Lipinski definition) is 5. The van der Waals surface area contributed by atoms with Crippen molar-refractivity contribution in [3.63, 3.8) is 0 Å². The summed E-state index contributed by atoms with van der Waals surface area (Å²) in [6.07, 6.45) is 0.146. The van der Waals surface area contributed by atoms with E-state index in [4.69, 9.17) is 15.2 Å². The largest absolute Gasteiger partial charge is 0.497 e. The zero-order valence-electron chi connectivity index (χ0n) is 16.0. The second kappa shape index (κ2) is 8.84. The summed E-state index contributed by atoms with van der Waals surface area (Å²) in [5.74, 6) is 0.403. The van der Waals surface area contributed by atoms with E-state index in [9.17, 15) is 9.59 Å². The first kappa shape index (κ1) is 21.4. The van der Waals surface area contributed by atoms with Crippen molar-refractivity contribution in [1.29, 1.82) is 0 Å². The number of hydrogen-bond donors (Lipinski definition) is 2. The molecule has 2 amide bonds. The molecule has 3 rings (SSSR count). The Bertz CT molecular complexity index is 865. The van der Waals surface area contributed by atoms with Gasteiger partial charge in [0.15, 0.2) is 0 Å². The van der Waals surface area contributed by atoms with Crippen molar-refractivity contribution in [1.82, 2.24) is 0 Å². The molecule has 1 saturated heterocycles. The molecule has 2 aromatic carbocycles. The quantitative estimate of drug-likeness (QED) is 0.746. The predicted octanol–water partition coefficient (Wildman–Crippen LogP) is 3.01. The molecule has 28 heavy (non-hydrogen) atoms. The minimum absolute atomic E-state index is 0. The number of carbonyl (C=O) groups is 2. The molecule has 1 atom stereocenters. The van der Waals surface area contributed by atoms with E-state index in [1.807, 2.05) is 13.0 Å². The van der Waals surface area contributed by atoms with Gasteiger partial charge in [0.1, 0.15) is 11.5 Å². The molecule has 1 unspecified atom stereocenters. The molecular weight excluding hydrogens is 382 g/mol. The second-order valence-electron chi connectivity index (χ2n) is 6.54. The fourth-order valence-electron chi connectivity index (χ4n) is 3.09. The molecular formula is C20H24ClN3O4. The third-order valence-electron chi connectivity index (χ3n) is 4.66. The van der Waals surface area contributed by atoms with Gasteiger partial charge in [-0.2, -0.15) is 0 Å². The molecule has 0 saturated carbocycles. The number of halogens is 1. The van der Waals surface area contributed by atoms with Crippen LogP contribution in [-0.4, -0.2) is 32.6 Å². The summed E-state index contributed by atoms with van der Waals surface area (Å²) in [6.45, 7) is 2.19. The molecule has 0 spiro atoms. The summed E-state index contributed by atoms with van der Waals surface area (Å²) in [5, 5.41) is 2.88. The highest BCUT2D eigenvalue weighted by Crippen LogP contribution is 2.32. The van der Waals surface area contributed by atoms with Crippen LogP contribution < -0.4 is 25.4 Å². The van der Waals surface area contributed by atoms with Gasteiger partial charge in [0, 0.05) is 42.5 Å². The topological polar surface area (TPSA) is 93.9 Å². The van der Waals surface area contributed by atoms with Crippen LogP contribution in [0.25, 0.3) is 0 Å². The van der Waals surface area contributed by atoms with E-state index in [-0.39, 0.29) is 30.6 Å². The van der Waals surface area contributed by atoms with Gasteiger partial charge in [0.05, 0.1) is 25.8 Å². The average molecular weight is 406 g/mol. The van der Waals surface area contributed by atoms with Crippen molar-refractivity contribution in [3.8, 4) is 11.5 Å². The molecule has 0 bridgehead atoms. The van der Waals surface area contributed by atoms with Gasteiger partial charge in [-0.1, -0.05) is 6.07 Å². The summed E-state index contributed by atoms with van der Waals surface area (Å²) in [7, 11) is 3.10. The number of aryl methyl sites for hydroxylation is 1. The number of anilines is 3. The molecule has 0 aromatic heterocycles. The van der Waals surface area contributed by atoms with Gasteiger partial charge < -0.3 is 25.4 Å². The fourth-order valence-corrected chi connectivity index (χ4v) is 3.09. The molecule has 8 heteroatoms. The number of nitrogens with two attached hydrogens (primary N) is 1. The van der Waals surface area contributed by atoms with Crippen molar-refractivity contribution in [2.75, 3.05) is 36.7 Å². The van der Waals surface area contributed by atoms with E-state index in [0.717, 1.165) is 5.56 Å². The average Bonchev–Trinajstić information content (AvgIpc) is 3.06. The van der Waals surface area contributed by atoms with Crippen LogP contribution >= 0.6 is 12.4 Å². The molecule has 1 fully saturated rings. The lowest BCUT2D eigenvalue weighted by molar-refractivity contribution is -0.122. The van der Waals surface area contributed by atoms with Crippen LogP contribution in [0, 0.1) is 12.8 Å². The lowest BCUT2D eigenvalue weighted by atomic mass is 10.1. The highest BCUT2D eigenvalue weighted by Gasteiger charge is 2.35. The monoisotopic (exact) mass is 405 g/mol. The first-order valence-corrected chi connectivity index (χ1v) is 8.61. The Balaban J connectivity index is 0.00000280. The zero-order valence-corrected chi connectivity index (χ0v) is 16.8. The number of carbonyl (C=O) groups excluding carboxylic acids is 2. The number of nitrogens with one attached hydrogen (secondary N) is 1. The Morgan fingerprint density at radius 1 is 1.14 bits per heavy atom. The normalized spacial score (nSPS) is 15.8. The molecule has 2 aromatic rings. The highest BCUT2D eigenvalue weighted by atomic mass is 35.5. The number of rotatable bonds is 5. The lowest BCUT2D eigenvalue weighted by Crippen LogP contribution is -2.28. The van der Waals surface area contributed by atoms with E-state index < -0.39 is 5.92 Å².